The Balaban J connectivity index is 1.87. The number of hydrazine groups is 1. The molecule has 0 aliphatic rings. The summed E-state index contributed by atoms with van der Waals surface area (Å²) in [6.07, 6.45) is 1.88. The summed E-state index contributed by atoms with van der Waals surface area (Å²) < 4.78 is 23.5. The Morgan fingerprint density at radius 1 is 1.07 bits per heavy atom. The Bertz CT molecular complexity index is 859. The van der Waals surface area contributed by atoms with Gasteiger partial charge in [-0.2, -0.15) is 0 Å². The van der Waals surface area contributed by atoms with Crippen LogP contribution >= 0.6 is 11.8 Å². The average molecular weight is 392 g/mol. The standard InChI is InChI=1S/C18H17FN2O5S/c1-25-15-9-11(27-2)7-8-13(15)18(24)26-10-16(22)20-21-17(23)12-5-3-4-6-14(12)19/h3-9H,10H2,1-2H3,(H,20,22)(H,21,23). The van der Waals surface area contributed by atoms with Crippen LogP contribution in [0.2, 0.25) is 0 Å². The molecule has 2 rings (SSSR count). The van der Waals surface area contributed by atoms with Crippen LogP contribution in [0.1, 0.15) is 20.7 Å². The number of esters is 1. The van der Waals surface area contributed by atoms with Gasteiger partial charge in [-0.3, -0.25) is 20.4 Å². The molecule has 2 aromatic rings. The number of hydrogen-bond donors (Lipinski definition) is 2. The van der Waals surface area contributed by atoms with Gasteiger partial charge >= 0.3 is 5.97 Å². The fourth-order valence-electron chi connectivity index (χ4n) is 2.05. The van der Waals surface area contributed by atoms with E-state index in [0.717, 1.165) is 11.0 Å². The van der Waals surface area contributed by atoms with Gasteiger partial charge in [-0.05, 0) is 36.6 Å². The van der Waals surface area contributed by atoms with E-state index in [0.29, 0.717) is 5.75 Å². The molecule has 2 aromatic carbocycles. The second kappa shape index (κ2) is 9.58. The Morgan fingerprint density at radius 3 is 2.48 bits per heavy atom. The molecular weight excluding hydrogens is 375 g/mol. The van der Waals surface area contributed by atoms with E-state index >= 15 is 0 Å². The normalized spacial score (nSPS) is 10.0. The zero-order valence-corrected chi connectivity index (χ0v) is 15.4. The lowest BCUT2D eigenvalue weighted by Crippen LogP contribution is -2.43. The molecule has 0 saturated heterocycles. The van der Waals surface area contributed by atoms with Crippen molar-refractivity contribution in [1.82, 2.24) is 10.9 Å². The third kappa shape index (κ3) is 5.45. The number of hydrogen-bond acceptors (Lipinski definition) is 6. The van der Waals surface area contributed by atoms with E-state index in [1.807, 2.05) is 17.1 Å². The summed E-state index contributed by atoms with van der Waals surface area (Å²) in [7, 11) is 1.42. The summed E-state index contributed by atoms with van der Waals surface area (Å²) in [6, 6.07) is 10.2. The fourth-order valence-corrected chi connectivity index (χ4v) is 2.48. The number of benzene rings is 2. The summed E-state index contributed by atoms with van der Waals surface area (Å²) in [4.78, 5) is 36.5. The van der Waals surface area contributed by atoms with Crippen molar-refractivity contribution in [1.29, 1.82) is 0 Å². The second-order valence-electron chi connectivity index (χ2n) is 5.12. The molecule has 0 atom stereocenters. The van der Waals surface area contributed by atoms with E-state index in [2.05, 4.69) is 0 Å². The van der Waals surface area contributed by atoms with Gasteiger partial charge < -0.3 is 9.47 Å². The first-order valence-electron chi connectivity index (χ1n) is 7.69. The van der Waals surface area contributed by atoms with Crippen molar-refractivity contribution in [2.75, 3.05) is 20.0 Å². The predicted molar refractivity (Wildman–Crippen MR) is 97.1 cm³/mol. The average Bonchev–Trinajstić information content (AvgIpc) is 2.69. The number of nitrogens with one attached hydrogen (secondary N) is 2. The molecule has 0 aromatic heterocycles. The number of ether oxygens (including phenoxy) is 2. The van der Waals surface area contributed by atoms with Gasteiger partial charge in [-0.1, -0.05) is 12.1 Å². The number of carbonyl (C=O) groups is 3. The molecule has 0 aliphatic heterocycles. The monoisotopic (exact) mass is 392 g/mol. The third-order valence-corrected chi connectivity index (χ3v) is 4.12. The smallest absolute Gasteiger partial charge is 0.342 e. The number of carbonyl (C=O) groups excluding carboxylic acids is 3. The first kappa shape index (κ1) is 20.2. The molecule has 0 radical (unpaired) electrons. The lowest BCUT2D eigenvalue weighted by atomic mass is 10.2. The molecule has 27 heavy (non-hydrogen) atoms. The van der Waals surface area contributed by atoms with Gasteiger partial charge in [-0.25, -0.2) is 9.18 Å². The Morgan fingerprint density at radius 2 is 1.81 bits per heavy atom. The van der Waals surface area contributed by atoms with Crippen LogP contribution in [0.15, 0.2) is 47.4 Å². The highest BCUT2D eigenvalue weighted by molar-refractivity contribution is 7.98. The number of methoxy groups -OCH3 is 1. The summed E-state index contributed by atoms with van der Waals surface area (Å²) >= 11 is 1.48. The highest BCUT2D eigenvalue weighted by Gasteiger charge is 2.17. The second-order valence-corrected chi connectivity index (χ2v) is 6.00. The van der Waals surface area contributed by atoms with Crippen molar-refractivity contribution in [3.8, 4) is 5.75 Å². The minimum absolute atomic E-state index is 0.165. The van der Waals surface area contributed by atoms with Crippen molar-refractivity contribution in [2.45, 2.75) is 4.90 Å². The van der Waals surface area contributed by atoms with E-state index in [1.54, 1.807) is 12.1 Å². The van der Waals surface area contributed by atoms with E-state index in [-0.39, 0.29) is 11.1 Å². The molecule has 142 valence electrons. The van der Waals surface area contributed by atoms with Crippen molar-refractivity contribution in [3.63, 3.8) is 0 Å². The molecule has 7 nitrogen and oxygen atoms in total. The van der Waals surface area contributed by atoms with Crippen LogP contribution in [0.3, 0.4) is 0 Å². The third-order valence-electron chi connectivity index (χ3n) is 3.40. The maximum atomic E-state index is 13.5. The zero-order chi connectivity index (χ0) is 19.8. The number of amides is 2. The molecule has 2 amide bonds. The van der Waals surface area contributed by atoms with Crippen LogP contribution in [-0.4, -0.2) is 37.8 Å². The highest BCUT2D eigenvalue weighted by atomic mass is 32.2. The van der Waals surface area contributed by atoms with E-state index in [1.165, 1.54) is 43.1 Å². The minimum atomic E-state index is -0.831. The van der Waals surface area contributed by atoms with Gasteiger partial charge in [0.1, 0.15) is 17.1 Å². The fraction of sp³-hybridized carbons (Fsp3) is 0.167. The minimum Gasteiger partial charge on any atom is -0.496 e. The summed E-state index contributed by atoms with van der Waals surface area (Å²) in [5.74, 6) is -2.78. The van der Waals surface area contributed by atoms with Crippen molar-refractivity contribution >= 4 is 29.5 Å². The maximum Gasteiger partial charge on any atom is 0.342 e. The zero-order valence-electron chi connectivity index (χ0n) is 14.6. The van der Waals surface area contributed by atoms with E-state index < -0.39 is 30.2 Å². The van der Waals surface area contributed by atoms with E-state index in [4.69, 9.17) is 9.47 Å². The van der Waals surface area contributed by atoms with Crippen LogP contribution in [0.5, 0.6) is 5.75 Å². The van der Waals surface area contributed by atoms with Crippen LogP contribution in [-0.2, 0) is 9.53 Å². The van der Waals surface area contributed by atoms with Crippen LogP contribution in [0, 0.1) is 5.82 Å². The Hall–Kier alpha value is -3.07. The van der Waals surface area contributed by atoms with Crippen molar-refractivity contribution < 1.29 is 28.2 Å². The number of rotatable bonds is 6. The van der Waals surface area contributed by atoms with Crippen LogP contribution in [0.4, 0.5) is 4.39 Å². The molecule has 9 heteroatoms. The number of thioether (sulfide) groups is 1. The van der Waals surface area contributed by atoms with Gasteiger partial charge in [-0.15, -0.1) is 11.8 Å². The van der Waals surface area contributed by atoms with E-state index in [9.17, 15) is 18.8 Å². The van der Waals surface area contributed by atoms with Gasteiger partial charge in [0.15, 0.2) is 6.61 Å². The van der Waals surface area contributed by atoms with Crippen molar-refractivity contribution in [2.24, 2.45) is 0 Å². The van der Waals surface area contributed by atoms with Gasteiger partial charge in [0, 0.05) is 4.90 Å². The van der Waals surface area contributed by atoms with Crippen molar-refractivity contribution in [3.05, 3.63) is 59.4 Å². The molecule has 0 bridgehead atoms. The topological polar surface area (TPSA) is 93.7 Å². The molecule has 2 N–H and O–H groups in total. The molecular formula is C18H17FN2O5S. The first-order chi connectivity index (χ1) is 13.0. The molecule has 0 saturated carbocycles. The van der Waals surface area contributed by atoms with Gasteiger partial charge in [0.05, 0.1) is 12.7 Å². The molecule has 0 unspecified atom stereocenters. The maximum absolute atomic E-state index is 13.5. The Kier molecular flexibility index (Phi) is 7.18. The number of halogens is 1. The molecule has 0 spiro atoms. The van der Waals surface area contributed by atoms with Crippen LogP contribution < -0.4 is 15.6 Å². The summed E-state index contributed by atoms with van der Waals surface area (Å²) in [5.41, 5.74) is 4.03. The van der Waals surface area contributed by atoms with Gasteiger partial charge in [0.25, 0.3) is 11.8 Å². The largest absolute Gasteiger partial charge is 0.496 e. The lowest BCUT2D eigenvalue weighted by molar-refractivity contribution is -0.125. The lowest BCUT2D eigenvalue weighted by Gasteiger charge is -2.11. The summed E-state index contributed by atoms with van der Waals surface area (Å²) in [6.45, 7) is -0.635. The quantitative estimate of drug-likeness (QED) is 0.445. The van der Waals surface area contributed by atoms with Gasteiger partial charge in [0.2, 0.25) is 0 Å². The summed E-state index contributed by atoms with van der Waals surface area (Å²) in [5, 5.41) is 0. The first-order valence-corrected chi connectivity index (χ1v) is 8.91. The predicted octanol–water partition coefficient (Wildman–Crippen LogP) is 2.17. The van der Waals surface area contributed by atoms with Crippen LogP contribution in [0.25, 0.3) is 0 Å². The SMILES string of the molecule is COc1cc(SC)ccc1C(=O)OCC(=O)NNC(=O)c1ccccc1F. The molecule has 0 heterocycles. The Labute approximate surface area is 159 Å². The molecule has 0 aliphatic carbocycles. The molecule has 0 fully saturated rings. The highest BCUT2D eigenvalue weighted by Crippen LogP contribution is 2.25.